The third-order valence-electron chi connectivity index (χ3n) is 12.6. The van der Waals surface area contributed by atoms with Crippen molar-refractivity contribution in [2.45, 2.75) is 117 Å². The van der Waals surface area contributed by atoms with E-state index < -0.39 is 150 Å². The average Bonchev–Trinajstić information content (AvgIpc) is 1.06. The highest BCUT2D eigenvalue weighted by Crippen LogP contribution is 1.99. The lowest BCUT2D eigenvalue weighted by atomic mass is 10.2. The smallest absolute Gasteiger partial charge is 0.469 e. The number of hydrogen-bond acceptors (Lipinski definition) is 47. The first-order valence-corrected chi connectivity index (χ1v) is 39.2. The predicted octanol–water partition coefficient (Wildman–Crippen LogP) is -6.35. The lowest BCUT2D eigenvalue weighted by Gasteiger charge is -2.06. The second-order valence-electron chi connectivity index (χ2n) is 22.5. The van der Waals surface area contributed by atoms with Crippen LogP contribution >= 0.6 is 0 Å². The zero-order valence-corrected chi connectivity index (χ0v) is 74.7. The van der Waals surface area contributed by atoms with Crippen LogP contribution in [0.2, 0.25) is 0 Å². The summed E-state index contributed by atoms with van der Waals surface area (Å²) in [5.41, 5.74) is 0. The van der Waals surface area contributed by atoms with Crippen molar-refractivity contribution in [2.24, 2.45) is 0 Å². The van der Waals surface area contributed by atoms with Crippen molar-refractivity contribution in [3.05, 3.63) is 0 Å². The van der Waals surface area contributed by atoms with E-state index in [1.54, 1.807) is 20.8 Å². The summed E-state index contributed by atoms with van der Waals surface area (Å²) in [6.45, 7) is 3.88. The van der Waals surface area contributed by atoms with E-state index in [0.29, 0.717) is 110 Å². The molecule has 8 amide bonds. The summed E-state index contributed by atoms with van der Waals surface area (Å²) in [6.07, 6.45) is 5.47. The summed E-state index contributed by atoms with van der Waals surface area (Å²) < 4.78 is 75.7. The number of methoxy groups -OCH3 is 7. The molecular formula is C74H136N8O47. The summed E-state index contributed by atoms with van der Waals surface area (Å²) in [4.78, 5) is 209. The highest BCUT2D eigenvalue weighted by Gasteiger charge is 2.10. The summed E-state index contributed by atoms with van der Waals surface area (Å²) in [5.74, 6) is -6.73. The molecule has 0 aromatic heterocycles. The topological polar surface area (TPSA) is 797 Å². The monoisotopic (exact) mass is 1890 g/mol. The molecule has 18 N–H and O–H groups in total. The molecule has 55 nitrogen and oxygen atoms in total. The van der Waals surface area contributed by atoms with Gasteiger partial charge in [-0.3, -0.25) is 47.9 Å². The van der Waals surface area contributed by atoms with Gasteiger partial charge in [-0.1, -0.05) is 20.8 Å². The second kappa shape index (κ2) is 112. The molecule has 129 heavy (non-hydrogen) atoms. The van der Waals surface area contributed by atoms with E-state index in [0.717, 1.165) is 32.1 Å². The van der Waals surface area contributed by atoms with Gasteiger partial charge in [0.15, 0.2) is 0 Å². The quantitative estimate of drug-likeness (QED) is 0.0153. The molecule has 0 aromatic rings. The first-order valence-electron chi connectivity index (χ1n) is 39.2. The minimum atomic E-state index is -0.838. The number of aliphatic hydroxyl groups is 10. The molecule has 0 saturated carbocycles. The molecule has 55 heteroatoms. The maximum absolute atomic E-state index is 10.7. The lowest BCUT2D eigenvalue weighted by molar-refractivity contribution is -0.153. The van der Waals surface area contributed by atoms with Gasteiger partial charge < -0.3 is 174 Å². The molecule has 0 spiro atoms. The normalized spacial score (nSPS) is 9.24. The van der Waals surface area contributed by atoms with E-state index in [1.807, 2.05) is 0 Å². The number of alkyl carbamates (subject to hydrolysis) is 3. The van der Waals surface area contributed by atoms with E-state index in [2.05, 4.69) is 118 Å². The van der Waals surface area contributed by atoms with Crippen LogP contribution in [0, 0.1) is 0 Å². The maximum atomic E-state index is 10.7. The van der Waals surface area contributed by atoms with Crippen LogP contribution in [0.4, 0.5) is 24.0 Å². The van der Waals surface area contributed by atoms with Crippen LogP contribution in [0.15, 0.2) is 0 Å². The molecule has 0 aromatic carbocycles. The maximum Gasteiger partial charge on any atom is 0.508 e. The molecule has 0 fully saturated rings. The largest absolute Gasteiger partial charge is 0.508 e. The Balaban J connectivity index is -0.000000153. The molecule has 0 heterocycles. The number of ketones is 1. The number of esters is 9. The van der Waals surface area contributed by atoms with E-state index in [9.17, 15) is 95.9 Å². The molecule has 0 aliphatic heterocycles. The zero-order valence-electron chi connectivity index (χ0n) is 74.7. The summed E-state index contributed by atoms with van der Waals surface area (Å²) in [5, 5.41) is 102. The van der Waals surface area contributed by atoms with Gasteiger partial charge in [0, 0.05) is 77.8 Å². The van der Waals surface area contributed by atoms with Crippen LogP contribution in [0.5, 0.6) is 0 Å². The van der Waals surface area contributed by atoms with Crippen LogP contribution in [0.1, 0.15) is 117 Å². The molecule has 0 aliphatic rings. The number of nitrogens with one attached hydrogen (secondary N) is 8. The third-order valence-corrected chi connectivity index (χ3v) is 12.6. The van der Waals surface area contributed by atoms with E-state index in [4.69, 9.17) is 55.8 Å². The molecule has 0 radical (unpaired) electrons. The fraction of sp³-hybridized carbons (Fsp3) is 0.730. The van der Waals surface area contributed by atoms with E-state index in [1.165, 1.54) is 49.8 Å². The molecule has 0 atom stereocenters. The molecule has 754 valence electrons. The van der Waals surface area contributed by atoms with Gasteiger partial charge in [-0.25, -0.2) is 47.9 Å². The third kappa shape index (κ3) is 132. The van der Waals surface area contributed by atoms with Crippen LogP contribution in [-0.2, 0) is 152 Å². The van der Waals surface area contributed by atoms with Gasteiger partial charge in [0.05, 0.1) is 95.9 Å². The van der Waals surface area contributed by atoms with Gasteiger partial charge >= 0.3 is 84.3 Å². The Hall–Kier alpha value is -11.8. The molecular weight excluding hydrogens is 1750 g/mol. The van der Waals surface area contributed by atoms with E-state index in [-0.39, 0.29) is 114 Å². The fourth-order valence-corrected chi connectivity index (χ4v) is 6.23. The van der Waals surface area contributed by atoms with Crippen LogP contribution < -0.4 is 42.5 Å². The van der Waals surface area contributed by atoms with Gasteiger partial charge in [0.1, 0.15) is 111 Å². The first-order chi connectivity index (χ1) is 61.5. The number of carbonyl (C=O) groups is 20. The van der Waals surface area contributed by atoms with Gasteiger partial charge in [0.25, 0.3) is 0 Å². The van der Waals surface area contributed by atoms with Gasteiger partial charge in [0.2, 0.25) is 29.5 Å². The van der Waals surface area contributed by atoms with Crippen molar-refractivity contribution in [1.82, 2.24) is 42.5 Å². The molecule has 0 saturated heterocycles. The van der Waals surface area contributed by atoms with Crippen molar-refractivity contribution in [2.75, 3.05) is 241 Å². The summed E-state index contributed by atoms with van der Waals surface area (Å²) in [6, 6.07) is 0. The van der Waals surface area contributed by atoms with E-state index >= 15 is 0 Å². The Labute approximate surface area is 745 Å². The average molecular weight is 1890 g/mol. The van der Waals surface area contributed by atoms with Crippen LogP contribution in [0.25, 0.3) is 0 Å². The zero-order chi connectivity index (χ0) is 100. The Bertz CT molecular complexity index is 2300. The number of Topliss-reactive ketones (excluding diaryl/α,β-unsaturated/α-hetero) is 1. The summed E-state index contributed by atoms with van der Waals surface area (Å²) >= 11 is 0. The molecule has 0 bridgehead atoms. The predicted molar refractivity (Wildman–Crippen MR) is 437 cm³/mol. The van der Waals surface area contributed by atoms with Crippen molar-refractivity contribution >= 4 is 120 Å². The Kier molecular flexibility index (Phi) is 120. The standard InChI is InChI=1S/C9H18N2O4.C9H17NO5.C8H16N2O5.C8H14O4.2C7H13NO4.2C7H12O5.C6H11NO5.C6H10O6/c1-15-9(14)11-6-4-2-3-5-10-8(13)7-12;1-14-9(13)10-5-3-2-4-6-15-8(12)7-11;1-14-8(13)10-3-5-15-4-2-9-7(12)6-11;1-2-7(10)4-3-5-12-8(11)6-9;1-12-7(11)3-2-4-8-6(10)5-9;1-2-7(11)12-4-3-8-6(10)5-9;1-11-6(9)3-2-4-12-7(10)5-8;1-2-6(9)11-3-4-12-7(10)5-8;1-11-6(10)12-3-2-7-5(9)4-8;1-10-6(9)12-3-2-11-5(8)4-7/h12H,2-7H2,1H3,(H,10,13)(H,11,14);11H,2-7H2,1H3,(H,10,13);11H,2-6H2,1H3,(H,9,12)(H,10,13);9H,2-6H2,1H3;2*9H,2-5H2,1H3,(H,8,10);2*8H,2-5H2,1H3;8H,2-4H2,1H3,(H,7,9);7H,2-4H2,1H3. The lowest BCUT2D eigenvalue weighted by Crippen LogP contribution is -2.31. The number of hydrogen-bond donors (Lipinski definition) is 18. The Morgan fingerprint density at radius 3 is 0.767 bits per heavy atom. The van der Waals surface area contributed by atoms with Crippen molar-refractivity contribution < 1.29 is 227 Å². The van der Waals surface area contributed by atoms with Gasteiger partial charge in [-0.05, 0) is 57.8 Å². The highest BCUT2D eigenvalue weighted by molar-refractivity contribution is 5.80. The number of aliphatic hydroxyl groups excluding tert-OH is 10. The highest BCUT2D eigenvalue weighted by atomic mass is 16.7. The van der Waals surface area contributed by atoms with Crippen LogP contribution in [-0.4, -0.2) is 412 Å². The number of rotatable bonds is 55. The number of unbranched alkanes of at least 4 members (excludes halogenated alkanes) is 4. The second-order valence-corrected chi connectivity index (χ2v) is 22.5. The SMILES string of the molecule is CCC(=O)CCCOC(=O)CO.CCC(=O)OCCNC(=O)CO.CCC(=O)OCCOC(=O)CO.COC(=O)CCCNC(=O)CO.COC(=O)CCCOC(=O)CO.COC(=O)NCCCCCNC(=O)CO.COC(=O)NCCCCCOC(=O)CO.COC(=O)NCCOCCNC(=O)CO.COC(=O)OCCNC(=O)CO.COC(=O)OCCOC(=O)CO. The fourth-order valence-electron chi connectivity index (χ4n) is 6.23. The van der Waals surface area contributed by atoms with Crippen molar-refractivity contribution in [3.8, 4) is 0 Å². The van der Waals surface area contributed by atoms with Gasteiger partial charge in [-0.15, -0.1) is 0 Å². The minimum Gasteiger partial charge on any atom is -0.469 e. The van der Waals surface area contributed by atoms with Gasteiger partial charge in [-0.2, -0.15) is 0 Å². The number of ether oxygens (including phenoxy) is 17. The molecule has 0 aliphatic carbocycles. The first kappa shape index (κ1) is 138. The molecule has 0 unspecified atom stereocenters. The summed E-state index contributed by atoms with van der Waals surface area (Å²) in [7, 11) is 8.87. The Morgan fingerprint density at radius 1 is 0.202 bits per heavy atom. The Morgan fingerprint density at radius 2 is 0.450 bits per heavy atom. The van der Waals surface area contributed by atoms with Crippen LogP contribution in [0.3, 0.4) is 0 Å². The van der Waals surface area contributed by atoms with Crippen molar-refractivity contribution in [3.63, 3.8) is 0 Å². The minimum absolute atomic E-state index is 0.00880. The number of carbonyl (C=O) groups excluding carboxylic acids is 20. The van der Waals surface area contributed by atoms with Crippen molar-refractivity contribution in [1.29, 1.82) is 0 Å². The molecule has 0 rings (SSSR count). The number of amides is 8.